The Morgan fingerprint density at radius 3 is 3.05 bits per heavy atom. The molecule has 4 heteroatoms. The Hall–Kier alpha value is -1.10. The molecule has 4 nitrogen and oxygen atoms in total. The second-order valence-electron chi connectivity index (χ2n) is 5.88. The van der Waals surface area contributed by atoms with Gasteiger partial charge in [-0.3, -0.25) is 11.3 Å². The van der Waals surface area contributed by atoms with E-state index in [0.29, 0.717) is 18.1 Å². The molecule has 1 aromatic carbocycles. The summed E-state index contributed by atoms with van der Waals surface area (Å²) >= 11 is 0. The molecule has 0 amide bonds. The quantitative estimate of drug-likeness (QED) is 0.636. The summed E-state index contributed by atoms with van der Waals surface area (Å²) in [5.41, 5.74) is 5.71. The van der Waals surface area contributed by atoms with Gasteiger partial charge in [-0.15, -0.1) is 0 Å². The highest BCUT2D eigenvalue weighted by Gasteiger charge is 2.31. The topological polar surface area (TPSA) is 56.5 Å². The lowest BCUT2D eigenvalue weighted by Crippen LogP contribution is -2.43. The van der Waals surface area contributed by atoms with Gasteiger partial charge >= 0.3 is 0 Å². The van der Waals surface area contributed by atoms with Gasteiger partial charge < -0.3 is 9.47 Å². The summed E-state index contributed by atoms with van der Waals surface area (Å²) in [5.74, 6) is 7.32. The van der Waals surface area contributed by atoms with E-state index in [1.54, 1.807) is 0 Å². The summed E-state index contributed by atoms with van der Waals surface area (Å²) in [6.45, 7) is 3.83. The van der Waals surface area contributed by atoms with Crippen LogP contribution < -0.4 is 16.0 Å². The Bertz CT molecular complexity index is 464. The maximum absolute atomic E-state index is 5.74. The molecule has 3 N–H and O–H groups in total. The first kappa shape index (κ1) is 13.9. The van der Waals surface area contributed by atoms with E-state index >= 15 is 0 Å². The number of hydrogen-bond donors (Lipinski definition) is 2. The van der Waals surface area contributed by atoms with Gasteiger partial charge in [-0.05, 0) is 43.4 Å². The van der Waals surface area contributed by atoms with Gasteiger partial charge in [0, 0.05) is 25.0 Å². The van der Waals surface area contributed by atoms with E-state index in [1.165, 1.54) is 11.1 Å². The molecule has 0 aromatic heterocycles. The first-order valence-corrected chi connectivity index (χ1v) is 7.60. The van der Waals surface area contributed by atoms with Gasteiger partial charge in [-0.1, -0.05) is 12.1 Å². The van der Waals surface area contributed by atoms with Crippen LogP contribution >= 0.6 is 0 Å². The summed E-state index contributed by atoms with van der Waals surface area (Å²) in [6.07, 6.45) is 4.55. The van der Waals surface area contributed by atoms with Crippen LogP contribution in [0.5, 0.6) is 5.75 Å². The zero-order valence-corrected chi connectivity index (χ0v) is 12.1. The zero-order valence-electron chi connectivity index (χ0n) is 12.1. The van der Waals surface area contributed by atoms with Crippen LogP contribution in [0.15, 0.2) is 18.2 Å². The predicted molar refractivity (Wildman–Crippen MR) is 78.6 cm³/mol. The van der Waals surface area contributed by atoms with Crippen molar-refractivity contribution in [3.63, 3.8) is 0 Å². The van der Waals surface area contributed by atoms with Crippen molar-refractivity contribution in [2.24, 2.45) is 11.8 Å². The van der Waals surface area contributed by atoms with E-state index in [4.69, 9.17) is 15.3 Å². The molecule has 3 rings (SSSR count). The van der Waals surface area contributed by atoms with Crippen LogP contribution in [0, 0.1) is 5.92 Å². The summed E-state index contributed by atoms with van der Waals surface area (Å²) in [5, 5.41) is 0. The minimum atomic E-state index is 0.310. The van der Waals surface area contributed by atoms with Crippen molar-refractivity contribution in [1.82, 2.24) is 5.43 Å². The van der Waals surface area contributed by atoms with E-state index in [9.17, 15) is 0 Å². The Morgan fingerprint density at radius 1 is 1.40 bits per heavy atom. The summed E-state index contributed by atoms with van der Waals surface area (Å²) in [6, 6.07) is 6.89. The van der Waals surface area contributed by atoms with E-state index in [1.807, 2.05) is 0 Å². The molecule has 2 heterocycles. The Kier molecular flexibility index (Phi) is 4.24. The SMILES string of the molecule is CC1OCCC1C(CCc1ccc2c(c1)CCO2)NN. The maximum Gasteiger partial charge on any atom is 0.122 e. The van der Waals surface area contributed by atoms with Crippen molar-refractivity contribution in [1.29, 1.82) is 0 Å². The molecule has 3 atom stereocenters. The smallest absolute Gasteiger partial charge is 0.122 e. The van der Waals surface area contributed by atoms with Gasteiger partial charge in [0.15, 0.2) is 0 Å². The van der Waals surface area contributed by atoms with E-state index in [-0.39, 0.29) is 0 Å². The fourth-order valence-corrected chi connectivity index (χ4v) is 3.42. The van der Waals surface area contributed by atoms with Crippen LogP contribution in [0.25, 0.3) is 0 Å². The molecule has 0 aliphatic carbocycles. The van der Waals surface area contributed by atoms with Gasteiger partial charge in [0.1, 0.15) is 5.75 Å². The van der Waals surface area contributed by atoms with Crippen LogP contribution in [0.2, 0.25) is 0 Å². The number of nitrogens with one attached hydrogen (secondary N) is 1. The van der Waals surface area contributed by atoms with Crippen molar-refractivity contribution in [2.75, 3.05) is 13.2 Å². The summed E-state index contributed by atoms with van der Waals surface area (Å²) < 4.78 is 11.2. The van der Waals surface area contributed by atoms with Crippen LogP contribution in [0.4, 0.5) is 0 Å². The number of fused-ring (bicyclic) bond motifs is 1. The highest BCUT2D eigenvalue weighted by molar-refractivity contribution is 5.39. The van der Waals surface area contributed by atoms with Crippen molar-refractivity contribution in [2.45, 2.75) is 44.8 Å². The van der Waals surface area contributed by atoms with Gasteiger partial charge in [-0.25, -0.2) is 0 Å². The molecule has 1 saturated heterocycles. The second-order valence-corrected chi connectivity index (χ2v) is 5.88. The molecular formula is C16H24N2O2. The summed E-state index contributed by atoms with van der Waals surface area (Å²) in [4.78, 5) is 0. The second kappa shape index (κ2) is 6.12. The fraction of sp³-hybridized carbons (Fsp3) is 0.625. The monoisotopic (exact) mass is 276 g/mol. The van der Waals surface area contributed by atoms with Crippen molar-refractivity contribution < 1.29 is 9.47 Å². The minimum absolute atomic E-state index is 0.310. The Balaban J connectivity index is 1.60. The van der Waals surface area contributed by atoms with Crippen LogP contribution in [-0.4, -0.2) is 25.4 Å². The standard InChI is InChI=1S/C16H24N2O2/c1-11-14(7-9-19-11)15(18-17)4-2-12-3-5-16-13(10-12)6-8-20-16/h3,5,10-11,14-15,18H,2,4,6-9,17H2,1H3. The van der Waals surface area contributed by atoms with Crippen LogP contribution in [0.1, 0.15) is 30.9 Å². The summed E-state index contributed by atoms with van der Waals surface area (Å²) in [7, 11) is 0. The average molecular weight is 276 g/mol. The molecule has 0 bridgehead atoms. The lowest BCUT2D eigenvalue weighted by Gasteiger charge is -2.25. The predicted octanol–water partition coefficient (Wildman–Crippen LogP) is 1.81. The van der Waals surface area contributed by atoms with Gasteiger partial charge in [0.25, 0.3) is 0 Å². The molecule has 0 saturated carbocycles. The third kappa shape index (κ3) is 2.82. The molecule has 1 aromatic rings. The number of rotatable bonds is 5. The highest BCUT2D eigenvalue weighted by atomic mass is 16.5. The molecule has 1 fully saturated rings. The first-order chi connectivity index (χ1) is 9.78. The van der Waals surface area contributed by atoms with Crippen molar-refractivity contribution in [3.05, 3.63) is 29.3 Å². The average Bonchev–Trinajstić information content (AvgIpc) is 3.08. The number of ether oxygens (including phenoxy) is 2. The number of nitrogens with two attached hydrogens (primary N) is 1. The molecule has 2 aliphatic heterocycles. The van der Waals surface area contributed by atoms with Gasteiger partial charge in [0.05, 0.1) is 12.7 Å². The fourth-order valence-electron chi connectivity index (χ4n) is 3.42. The molecule has 110 valence electrons. The molecular weight excluding hydrogens is 252 g/mol. The Morgan fingerprint density at radius 2 is 2.30 bits per heavy atom. The number of aryl methyl sites for hydroxylation is 1. The van der Waals surface area contributed by atoms with Crippen LogP contribution in [0.3, 0.4) is 0 Å². The van der Waals surface area contributed by atoms with Crippen molar-refractivity contribution in [3.8, 4) is 5.75 Å². The zero-order chi connectivity index (χ0) is 13.9. The van der Waals surface area contributed by atoms with E-state index in [2.05, 4.69) is 30.5 Å². The van der Waals surface area contributed by atoms with Crippen LogP contribution in [-0.2, 0) is 17.6 Å². The largest absolute Gasteiger partial charge is 0.493 e. The number of hydrogen-bond acceptors (Lipinski definition) is 4. The normalized spacial score (nSPS) is 26.3. The third-order valence-corrected chi connectivity index (χ3v) is 4.66. The highest BCUT2D eigenvalue weighted by Crippen LogP contribution is 2.28. The van der Waals surface area contributed by atoms with E-state index in [0.717, 1.165) is 44.6 Å². The minimum Gasteiger partial charge on any atom is -0.493 e. The molecule has 3 unspecified atom stereocenters. The van der Waals surface area contributed by atoms with E-state index < -0.39 is 0 Å². The van der Waals surface area contributed by atoms with Gasteiger partial charge in [-0.2, -0.15) is 0 Å². The first-order valence-electron chi connectivity index (χ1n) is 7.60. The molecule has 0 radical (unpaired) electrons. The number of benzene rings is 1. The third-order valence-electron chi connectivity index (χ3n) is 4.66. The lowest BCUT2D eigenvalue weighted by molar-refractivity contribution is 0.0943. The molecule has 20 heavy (non-hydrogen) atoms. The molecule has 2 aliphatic rings. The van der Waals surface area contributed by atoms with Gasteiger partial charge in [0.2, 0.25) is 0 Å². The lowest BCUT2D eigenvalue weighted by atomic mass is 9.89. The van der Waals surface area contributed by atoms with Crippen molar-refractivity contribution >= 4 is 0 Å². The number of hydrazine groups is 1. The maximum atomic E-state index is 5.74. The Labute approximate surface area is 120 Å². The molecule has 0 spiro atoms.